The maximum absolute atomic E-state index is 10.7. The fraction of sp³-hybridized carbons (Fsp3) is 0.0769. The summed E-state index contributed by atoms with van der Waals surface area (Å²) < 4.78 is 16.3. The van der Waals surface area contributed by atoms with Crippen molar-refractivity contribution in [3.63, 3.8) is 0 Å². The van der Waals surface area contributed by atoms with Gasteiger partial charge in [-0.05, 0) is 23.8 Å². The van der Waals surface area contributed by atoms with E-state index in [2.05, 4.69) is 0 Å². The fourth-order valence-corrected chi connectivity index (χ4v) is 1.70. The Morgan fingerprint density at radius 3 is 2.56 bits per heavy atom. The first-order chi connectivity index (χ1) is 7.88. The van der Waals surface area contributed by atoms with E-state index in [0.717, 1.165) is 16.6 Å². The molecule has 0 aromatic heterocycles. The van der Waals surface area contributed by atoms with E-state index < -0.39 is 0 Å². The molecule has 3 heteroatoms. The lowest BCUT2D eigenvalue weighted by Gasteiger charge is -2.05. The predicted molar refractivity (Wildman–Crippen MR) is 64.5 cm³/mol. The normalized spacial score (nSPS) is 10.2. The van der Waals surface area contributed by atoms with E-state index in [0.29, 0.717) is 6.61 Å². The molecule has 0 unspecified atom stereocenters. The molecule has 0 heterocycles. The quantitative estimate of drug-likeness (QED) is 0.754. The van der Waals surface area contributed by atoms with E-state index in [-0.39, 0.29) is 8.46 Å². The van der Waals surface area contributed by atoms with Gasteiger partial charge in [0.2, 0.25) is 0 Å². The summed E-state index contributed by atoms with van der Waals surface area (Å²) in [6.07, 6.45) is 0. The van der Waals surface area contributed by atoms with Crippen LogP contribution in [0.2, 0.25) is 0 Å². The average molecular weight is 230 g/mol. The zero-order valence-corrected chi connectivity index (χ0v) is 9.56. The minimum absolute atomic E-state index is 0.0210. The van der Waals surface area contributed by atoms with Gasteiger partial charge in [0.1, 0.15) is 12.4 Å². The maximum atomic E-state index is 10.7. The molecule has 2 nitrogen and oxygen atoms in total. The smallest absolute Gasteiger partial charge is 0.192 e. The topological polar surface area (TPSA) is 26.3 Å². The largest absolute Gasteiger partial charge is 0.489 e. The second-order valence-corrected chi connectivity index (χ2v) is 4.06. The molecule has 0 fully saturated rings. The van der Waals surface area contributed by atoms with Gasteiger partial charge in [-0.25, -0.2) is 0 Å². The highest BCUT2D eigenvalue weighted by Crippen LogP contribution is 2.12. The highest BCUT2D eigenvalue weighted by molar-refractivity contribution is 7.34. The fourth-order valence-electron chi connectivity index (χ4n) is 1.37. The molecule has 0 N–H and O–H groups in total. The average Bonchev–Trinajstić information content (AvgIpc) is 2.38. The first-order valence-electron chi connectivity index (χ1n) is 4.98. The van der Waals surface area contributed by atoms with Gasteiger partial charge in [-0.2, -0.15) is 0 Å². The molecule has 0 saturated heterocycles. The molecule has 0 aliphatic heterocycles. The highest BCUT2D eigenvalue weighted by Gasteiger charge is 1.97. The van der Waals surface area contributed by atoms with Gasteiger partial charge in [-0.1, -0.05) is 36.4 Å². The van der Waals surface area contributed by atoms with Crippen molar-refractivity contribution in [2.24, 2.45) is 0 Å². The Morgan fingerprint density at radius 2 is 1.81 bits per heavy atom. The molecule has 0 radical (unpaired) electrons. The third-order valence-electron chi connectivity index (χ3n) is 2.17. The van der Waals surface area contributed by atoms with E-state index >= 15 is 0 Å². The van der Waals surface area contributed by atoms with Crippen molar-refractivity contribution >= 4 is 13.8 Å². The third-order valence-corrected chi connectivity index (χ3v) is 2.66. The maximum Gasteiger partial charge on any atom is 0.192 e. The Morgan fingerprint density at radius 1 is 1.00 bits per heavy atom. The first kappa shape index (κ1) is 10.8. The molecule has 0 spiro atoms. The van der Waals surface area contributed by atoms with Crippen molar-refractivity contribution in [2.75, 3.05) is 0 Å². The van der Waals surface area contributed by atoms with E-state index in [1.54, 1.807) is 12.1 Å². The lowest BCUT2D eigenvalue weighted by Crippen LogP contribution is -1.97. The van der Waals surface area contributed by atoms with Crippen LogP contribution in [0.1, 0.15) is 5.56 Å². The Hall–Kier alpha value is -1.66. The van der Waals surface area contributed by atoms with Crippen molar-refractivity contribution in [3.8, 4) is 5.75 Å². The number of hydrogen-bond donors (Lipinski definition) is 0. The summed E-state index contributed by atoms with van der Waals surface area (Å²) in [4.78, 5) is 0. The number of rotatable bonds is 4. The molecule has 0 amide bonds. The summed E-state index contributed by atoms with van der Waals surface area (Å²) in [6, 6.07) is 17.2. The molecule has 2 aromatic carbocycles. The molecule has 2 aromatic rings. The zero-order chi connectivity index (χ0) is 11.2. The minimum Gasteiger partial charge on any atom is -0.489 e. The monoisotopic (exact) mass is 230 g/mol. The van der Waals surface area contributed by atoms with Crippen molar-refractivity contribution < 1.29 is 9.30 Å². The Labute approximate surface area is 96.1 Å². The van der Waals surface area contributed by atoms with Crippen LogP contribution in [0.15, 0.2) is 54.6 Å². The van der Waals surface area contributed by atoms with Crippen LogP contribution in [0.4, 0.5) is 0 Å². The molecule has 2 rings (SSSR count). The van der Waals surface area contributed by atoms with E-state index in [1.165, 1.54) is 0 Å². The molecule has 16 heavy (non-hydrogen) atoms. The summed E-state index contributed by atoms with van der Waals surface area (Å²) in [5, 5.41) is 0.727. The second-order valence-electron chi connectivity index (χ2n) is 3.36. The van der Waals surface area contributed by atoms with E-state index in [4.69, 9.17) is 4.74 Å². The van der Waals surface area contributed by atoms with Gasteiger partial charge in [-0.3, -0.25) is 4.57 Å². The number of hydrogen-bond acceptors (Lipinski definition) is 2. The standard InChI is InChI=1S/C13H11O2P/c14-16-13-8-4-7-12(9-13)15-10-11-5-2-1-3-6-11/h1-9H,10H2. The lowest BCUT2D eigenvalue weighted by atomic mass is 10.2. The van der Waals surface area contributed by atoms with Gasteiger partial charge in [0.15, 0.2) is 8.46 Å². The summed E-state index contributed by atoms with van der Waals surface area (Å²) in [7, 11) is 0.0210. The third kappa shape index (κ3) is 2.91. The van der Waals surface area contributed by atoms with Gasteiger partial charge in [0, 0.05) is 5.30 Å². The lowest BCUT2D eigenvalue weighted by molar-refractivity contribution is 0.306. The van der Waals surface area contributed by atoms with Crippen molar-refractivity contribution in [3.05, 3.63) is 60.2 Å². The van der Waals surface area contributed by atoms with Gasteiger partial charge in [-0.15, -0.1) is 0 Å². The Bertz CT molecular complexity index is 468. The Balaban J connectivity index is 2.02. The van der Waals surface area contributed by atoms with Crippen LogP contribution in [0, 0.1) is 0 Å². The number of benzene rings is 2. The zero-order valence-electron chi connectivity index (χ0n) is 8.67. The van der Waals surface area contributed by atoms with Crippen LogP contribution in [0.5, 0.6) is 5.75 Å². The van der Waals surface area contributed by atoms with Crippen LogP contribution in [0.25, 0.3) is 0 Å². The van der Waals surface area contributed by atoms with Crippen molar-refractivity contribution in [2.45, 2.75) is 6.61 Å². The van der Waals surface area contributed by atoms with Crippen molar-refractivity contribution in [1.29, 1.82) is 0 Å². The minimum atomic E-state index is 0.0210. The summed E-state index contributed by atoms with van der Waals surface area (Å²) in [5.74, 6) is 0.740. The van der Waals surface area contributed by atoms with Gasteiger partial charge in [0.25, 0.3) is 0 Å². The van der Waals surface area contributed by atoms with Crippen molar-refractivity contribution in [1.82, 2.24) is 0 Å². The molecular weight excluding hydrogens is 219 g/mol. The van der Waals surface area contributed by atoms with Crippen LogP contribution in [-0.2, 0) is 11.2 Å². The molecule has 80 valence electrons. The van der Waals surface area contributed by atoms with Crippen LogP contribution < -0.4 is 10.0 Å². The predicted octanol–water partition coefficient (Wildman–Crippen LogP) is 3.18. The molecule has 0 aliphatic rings. The van der Waals surface area contributed by atoms with Crippen LogP contribution in [0.3, 0.4) is 0 Å². The van der Waals surface area contributed by atoms with Crippen LogP contribution in [-0.4, -0.2) is 0 Å². The van der Waals surface area contributed by atoms with Crippen LogP contribution >= 0.6 is 8.46 Å². The van der Waals surface area contributed by atoms with Gasteiger partial charge < -0.3 is 4.74 Å². The van der Waals surface area contributed by atoms with E-state index in [1.807, 2.05) is 42.5 Å². The second kappa shape index (κ2) is 5.43. The number of ether oxygens (including phenoxy) is 1. The highest BCUT2D eigenvalue weighted by atomic mass is 31.1. The molecule has 0 atom stereocenters. The Kier molecular flexibility index (Phi) is 3.68. The first-order valence-corrected chi connectivity index (χ1v) is 5.80. The molecular formula is C13H11O2P. The summed E-state index contributed by atoms with van der Waals surface area (Å²) in [6.45, 7) is 0.528. The SMILES string of the molecule is O=Pc1cccc(OCc2ccccc2)c1. The molecule has 0 saturated carbocycles. The van der Waals surface area contributed by atoms with Gasteiger partial charge in [0.05, 0.1) is 0 Å². The molecule has 0 bridgehead atoms. The van der Waals surface area contributed by atoms with E-state index in [9.17, 15) is 4.57 Å². The summed E-state index contributed by atoms with van der Waals surface area (Å²) in [5.41, 5.74) is 1.12. The van der Waals surface area contributed by atoms with Gasteiger partial charge >= 0.3 is 0 Å². The molecule has 0 aliphatic carbocycles. The summed E-state index contributed by atoms with van der Waals surface area (Å²) >= 11 is 0.